The monoisotopic (exact) mass is 395 g/mol. The molecule has 2 aromatic rings. The van der Waals surface area contributed by atoms with Gasteiger partial charge in [0.2, 0.25) is 6.10 Å². The summed E-state index contributed by atoms with van der Waals surface area (Å²) in [5, 5.41) is 0. The highest BCUT2D eigenvalue weighted by atomic mass is 16.6. The van der Waals surface area contributed by atoms with Crippen LogP contribution in [0.1, 0.15) is 18.4 Å². The summed E-state index contributed by atoms with van der Waals surface area (Å²) in [5.41, 5.74) is 1.34. The smallest absolute Gasteiger partial charge is 0.351 e. The molecule has 0 N–H and O–H groups in total. The van der Waals surface area contributed by atoms with E-state index in [0.717, 1.165) is 19.3 Å². The molecule has 0 aromatic heterocycles. The summed E-state index contributed by atoms with van der Waals surface area (Å²) < 4.78 is 16.3. The summed E-state index contributed by atoms with van der Waals surface area (Å²) in [6.45, 7) is 1.22. The van der Waals surface area contributed by atoms with Crippen molar-refractivity contribution in [3.8, 4) is 11.5 Å². The number of fused-ring (bicyclic) bond motifs is 1. The van der Waals surface area contributed by atoms with Crippen molar-refractivity contribution in [1.82, 2.24) is 4.90 Å². The van der Waals surface area contributed by atoms with Crippen LogP contribution in [-0.4, -0.2) is 49.2 Å². The zero-order valence-corrected chi connectivity index (χ0v) is 16.3. The number of rotatable bonds is 5. The van der Waals surface area contributed by atoms with Crippen molar-refractivity contribution in [2.45, 2.75) is 25.4 Å². The summed E-state index contributed by atoms with van der Waals surface area (Å²) in [5.74, 6) is 0.954. The van der Waals surface area contributed by atoms with E-state index in [1.165, 1.54) is 5.56 Å². The van der Waals surface area contributed by atoms with E-state index in [4.69, 9.17) is 14.2 Å². The first-order valence-electron chi connectivity index (χ1n) is 10.1. The summed E-state index contributed by atoms with van der Waals surface area (Å²) in [6, 6.07) is 17.6. The van der Waals surface area contributed by atoms with Gasteiger partial charge in [0.1, 0.15) is 6.61 Å². The van der Waals surface area contributed by atoms with Crippen LogP contribution in [0.4, 0.5) is 0 Å². The first-order chi connectivity index (χ1) is 14.2. The third kappa shape index (κ3) is 4.88. The quantitative estimate of drug-likeness (QED) is 0.729. The molecule has 2 aromatic carbocycles. The fraction of sp³-hybridized carbons (Fsp3) is 0.391. The molecule has 6 nitrogen and oxygen atoms in total. The van der Waals surface area contributed by atoms with Gasteiger partial charge in [-0.1, -0.05) is 42.5 Å². The van der Waals surface area contributed by atoms with Gasteiger partial charge in [0.05, 0.1) is 0 Å². The van der Waals surface area contributed by atoms with E-state index in [1.807, 2.05) is 12.1 Å². The van der Waals surface area contributed by atoms with Gasteiger partial charge in [0, 0.05) is 13.1 Å². The lowest BCUT2D eigenvalue weighted by Gasteiger charge is -2.32. The highest BCUT2D eigenvalue weighted by molar-refractivity contribution is 5.82. The van der Waals surface area contributed by atoms with E-state index in [-0.39, 0.29) is 19.1 Å². The average Bonchev–Trinajstić information content (AvgIpc) is 2.78. The number of nitrogens with zero attached hydrogens (tertiary/aromatic N) is 1. The van der Waals surface area contributed by atoms with Crippen molar-refractivity contribution in [2.75, 3.05) is 26.3 Å². The fourth-order valence-corrected chi connectivity index (χ4v) is 3.79. The van der Waals surface area contributed by atoms with Gasteiger partial charge in [0.25, 0.3) is 5.91 Å². The molecule has 0 aliphatic carbocycles. The molecule has 29 heavy (non-hydrogen) atoms. The molecule has 0 unspecified atom stereocenters. The molecule has 152 valence electrons. The average molecular weight is 395 g/mol. The lowest BCUT2D eigenvalue weighted by Crippen LogP contribution is -2.43. The number of amides is 1. The molecule has 0 bridgehead atoms. The number of likely N-dealkylation sites (tertiary alicyclic amines) is 1. The minimum absolute atomic E-state index is 0.0783. The van der Waals surface area contributed by atoms with Crippen molar-refractivity contribution in [1.29, 1.82) is 0 Å². The molecule has 1 fully saturated rings. The summed E-state index contributed by atoms with van der Waals surface area (Å²) in [4.78, 5) is 26.5. The van der Waals surface area contributed by atoms with Crippen LogP contribution < -0.4 is 9.47 Å². The minimum Gasteiger partial charge on any atom is -0.485 e. The normalized spacial score (nSPS) is 18.9. The van der Waals surface area contributed by atoms with Gasteiger partial charge >= 0.3 is 5.97 Å². The Morgan fingerprint density at radius 1 is 0.966 bits per heavy atom. The molecule has 2 heterocycles. The Kier molecular flexibility index (Phi) is 5.98. The van der Waals surface area contributed by atoms with E-state index >= 15 is 0 Å². The highest BCUT2D eigenvalue weighted by Crippen LogP contribution is 2.31. The second kappa shape index (κ2) is 8.99. The van der Waals surface area contributed by atoms with E-state index in [0.29, 0.717) is 30.5 Å². The van der Waals surface area contributed by atoms with Crippen LogP contribution in [0.5, 0.6) is 11.5 Å². The zero-order chi connectivity index (χ0) is 20.1. The number of hydrogen-bond donors (Lipinski definition) is 0. The highest BCUT2D eigenvalue weighted by Gasteiger charge is 2.30. The fourth-order valence-electron chi connectivity index (χ4n) is 3.79. The number of benzene rings is 2. The van der Waals surface area contributed by atoms with E-state index in [2.05, 4.69) is 24.3 Å². The number of hydrogen-bond acceptors (Lipinski definition) is 5. The molecule has 2 aliphatic rings. The van der Waals surface area contributed by atoms with Crippen LogP contribution in [0, 0.1) is 5.92 Å². The number of carbonyl (C=O) groups is 2. The summed E-state index contributed by atoms with van der Waals surface area (Å²) in [7, 11) is 0. The SMILES string of the molecule is O=C(OCC(=O)N1CCC(Cc2ccccc2)CC1)[C@H]1COc2ccccc2O1. The van der Waals surface area contributed by atoms with E-state index in [9.17, 15) is 9.59 Å². The Morgan fingerprint density at radius 2 is 1.66 bits per heavy atom. The zero-order valence-electron chi connectivity index (χ0n) is 16.3. The van der Waals surface area contributed by atoms with Crippen molar-refractivity contribution in [2.24, 2.45) is 5.92 Å². The van der Waals surface area contributed by atoms with Gasteiger partial charge in [-0.05, 0) is 42.9 Å². The van der Waals surface area contributed by atoms with Crippen LogP contribution in [0.25, 0.3) is 0 Å². The van der Waals surface area contributed by atoms with Crippen LogP contribution in [0.15, 0.2) is 54.6 Å². The first-order valence-corrected chi connectivity index (χ1v) is 10.1. The molecule has 0 radical (unpaired) electrons. The van der Waals surface area contributed by atoms with E-state index < -0.39 is 12.1 Å². The van der Waals surface area contributed by atoms with Crippen molar-refractivity contribution < 1.29 is 23.8 Å². The molecule has 1 amide bonds. The Hall–Kier alpha value is -3.02. The molecular weight excluding hydrogens is 370 g/mol. The van der Waals surface area contributed by atoms with Gasteiger partial charge in [-0.25, -0.2) is 4.79 Å². The number of piperidine rings is 1. The van der Waals surface area contributed by atoms with Crippen LogP contribution in [0.3, 0.4) is 0 Å². The van der Waals surface area contributed by atoms with Crippen LogP contribution in [-0.2, 0) is 20.7 Å². The van der Waals surface area contributed by atoms with Crippen LogP contribution >= 0.6 is 0 Å². The Morgan fingerprint density at radius 3 is 2.41 bits per heavy atom. The number of esters is 1. The molecule has 1 atom stereocenters. The topological polar surface area (TPSA) is 65.1 Å². The molecule has 2 aliphatic heterocycles. The van der Waals surface area contributed by atoms with Crippen molar-refractivity contribution >= 4 is 11.9 Å². The molecule has 0 saturated carbocycles. The van der Waals surface area contributed by atoms with E-state index in [1.54, 1.807) is 23.1 Å². The number of ether oxygens (including phenoxy) is 3. The molecular formula is C23H25NO5. The predicted molar refractivity (Wildman–Crippen MR) is 107 cm³/mol. The second-order valence-corrected chi connectivity index (χ2v) is 7.49. The molecule has 4 rings (SSSR count). The van der Waals surface area contributed by atoms with Gasteiger partial charge in [-0.15, -0.1) is 0 Å². The van der Waals surface area contributed by atoms with Crippen molar-refractivity contribution in [3.63, 3.8) is 0 Å². The summed E-state index contributed by atoms with van der Waals surface area (Å²) in [6.07, 6.45) is 2.11. The summed E-state index contributed by atoms with van der Waals surface area (Å²) >= 11 is 0. The van der Waals surface area contributed by atoms with Gasteiger partial charge in [-0.3, -0.25) is 4.79 Å². The van der Waals surface area contributed by atoms with Crippen LogP contribution in [0.2, 0.25) is 0 Å². The largest absolute Gasteiger partial charge is 0.485 e. The maximum atomic E-state index is 12.4. The lowest BCUT2D eigenvalue weighted by molar-refractivity contribution is -0.160. The second-order valence-electron chi connectivity index (χ2n) is 7.49. The van der Waals surface area contributed by atoms with Gasteiger partial charge < -0.3 is 19.1 Å². The third-order valence-corrected chi connectivity index (χ3v) is 5.44. The standard InChI is InChI=1S/C23H25NO5/c25-22(24-12-10-18(11-13-24)14-17-6-2-1-3-7-17)16-28-23(26)21-15-27-19-8-4-5-9-20(19)29-21/h1-9,18,21H,10-16H2/t21-/m1/s1. The Bertz CT molecular complexity index is 845. The lowest BCUT2D eigenvalue weighted by atomic mass is 9.90. The van der Waals surface area contributed by atoms with Gasteiger partial charge in [-0.2, -0.15) is 0 Å². The Labute approximate surface area is 170 Å². The third-order valence-electron chi connectivity index (χ3n) is 5.44. The number of para-hydroxylation sites is 2. The number of carbonyl (C=O) groups excluding carboxylic acids is 2. The predicted octanol–water partition coefficient (Wildman–Crippen LogP) is 2.85. The van der Waals surface area contributed by atoms with Gasteiger partial charge in [0.15, 0.2) is 18.1 Å². The molecule has 0 spiro atoms. The van der Waals surface area contributed by atoms with Crippen molar-refractivity contribution in [3.05, 3.63) is 60.2 Å². The Balaban J connectivity index is 1.20. The maximum absolute atomic E-state index is 12.4. The first kappa shape index (κ1) is 19.3. The molecule has 1 saturated heterocycles. The minimum atomic E-state index is -0.852. The maximum Gasteiger partial charge on any atom is 0.351 e. The molecule has 6 heteroatoms.